The van der Waals surface area contributed by atoms with E-state index in [2.05, 4.69) is 16.5 Å². The maximum absolute atomic E-state index is 13.1. The van der Waals surface area contributed by atoms with Gasteiger partial charge in [0.05, 0.1) is 11.0 Å². The van der Waals surface area contributed by atoms with E-state index < -0.39 is 0 Å². The molecule has 2 nitrogen and oxygen atoms in total. The van der Waals surface area contributed by atoms with Crippen LogP contribution in [0.4, 0.5) is 4.39 Å². The third-order valence-corrected chi connectivity index (χ3v) is 3.04. The first-order valence-corrected chi connectivity index (χ1v) is 6.50. The molecule has 0 fully saturated rings. The van der Waals surface area contributed by atoms with Crippen LogP contribution in [0.1, 0.15) is 25.6 Å². The Kier molecular flexibility index (Phi) is 4.00. The standard InChI is InChI=1S/C13H16ClFN2/c1-2-8-17-12-6-5-10(15)9-11(12)16-13(17)4-3-7-14/h5-6,9H,2-4,7-8H2,1H3. The maximum atomic E-state index is 13.1. The van der Waals surface area contributed by atoms with Gasteiger partial charge in [0, 0.05) is 24.9 Å². The molecule has 0 atom stereocenters. The van der Waals surface area contributed by atoms with Gasteiger partial charge in [-0.3, -0.25) is 0 Å². The van der Waals surface area contributed by atoms with Crippen molar-refractivity contribution in [2.45, 2.75) is 32.7 Å². The Bertz CT molecular complexity index is 507. The molecule has 2 rings (SSSR count). The maximum Gasteiger partial charge on any atom is 0.125 e. The highest BCUT2D eigenvalue weighted by Gasteiger charge is 2.10. The van der Waals surface area contributed by atoms with E-state index >= 15 is 0 Å². The smallest absolute Gasteiger partial charge is 0.125 e. The summed E-state index contributed by atoms with van der Waals surface area (Å²) in [7, 11) is 0. The van der Waals surface area contributed by atoms with Crippen LogP contribution in [-0.2, 0) is 13.0 Å². The fourth-order valence-electron chi connectivity index (χ4n) is 2.04. The van der Waals surface area contributed by atoms with Crippen LogP contribution >= 0.6 is 11.6 Å². The van der Waals surface area contributed by atoms with E-state index in [4.69, 9.17) is 11.6 Å². The molecule has 1 aromatic heterocycles. The average Bonchev–Trinajstić information content (AvgIpc) is 2.64. The van der Waals surface area contributed by atoms with Gasteiger partial charge in [0.1, 0.15) is 11.6 Å². The van der Waals surface area contributed by atoms with Crippen LogP contribution in [0.15, 0.2) is 18.2 Å². The lowest BCUT2D eigenvalue weighted by molar-refractivity contribution is 0.628. The fourth-order valence-corrected chi connectivity index (χ4v) is 2.18. The molecular weight excluding hydrogens is 239 g/mol. The molecule has 0 bridgehead atoms. The van der Waals surface area contributed by atoms with E-state index in [9.17, 15) is 4.39 Å². The number of imidazole rings is 1. The summed E-state index contributed by atoms with van der Waals surface area (Å²) in [6, 6.07) is 4.78. The van der Waals surface area contributed by atoms with E-state index in [0.717, 1.165) is 42.7 Å². The molecule has 0 saturated heterocycles. The summed E-state index contributed by atoms with van der Waals surface area (Å²) in [4.78, 5) is 4.49. The molecule has 0 radical (unpaired) electrons. The summed E-state index contributed by atoms with van der Waals surface area (Å²) in [5.41, 5.74) is 1.75. The predicted octanol–water partition coefficient (Wildman–Crippen LogP) is 3.76. The monoisotopic (exact) mass is 254 g/mol. The second kappa shape index (κ2) is 5.50. The van der Waals surface area contributed by atoms with Gasteiger partial charge in [-0.25, -0.2) is 9.37 Å². The van der Waals surface area contributed by atoms with Gasteiger partial charge in [0.2, 0.25) is 0 Å². The van der Waals surface area contributed by atoms with Crippen LogP contribution in [0.3, 0.4) is 0 Å². The predicted molar refractivity (Wildman–Crippen MR) is 69.0 cm³/mol. The SMILES string of the molecule is CCCn1c(CCCCl)nc2cc(F)ccc21. The fraction of sp³-hybridized carbons (Fsp3) is 0.462. The summed E-state index contributed by atoms with van der Waals surface area (Å²) in [5.74, 6) is 1.40. The number of hydrogen-bond acceptors (Lipinski definition) is 1. The second-order valence-corrected chi connectivity index (χ2v) is 4.48. The van der Waals surface area contributed by atoms with Gasteiger partial charge < -0.3 is 4.57 Å². The molecule has 17 heavy (non-hydrogen) atoms. The normalized spacial score (nSPS) is 11.2. The lowest BCUT2D eigenvalue weighted by atomic mass is 10.3. The lowest BCUT2D eigenvalue weighted by Crippen LogP contribution is -2.03. The topological polar surface area (TPSA) is 17.8 Å². The molecule has 0 unspecified atom stereocenters. The van der Waals surface area contributed by atoms with E-state index in [1.165, 1.54) is 12.1 Å². The summed E-state index contributed by atoms with van der Waals surface area (Å²) in [6.07, 6.45) is 2.79. The number of aromatic nitrogens is 2. The van der Waals surface area contributed by atoms with Gasteiger partial charge in [-0.1, -0.05) is 6.92 Å². The zero-order valence-electron chi connectivity index (χ0n) is 9.92. The first-order valence-electron chi connectivity index (χ1n) is 5.97. The first kappa shape index (κ1) is 12.4. The van der Waals surface area contributed by atoms with Crippen molar-refractivity contribution in [3.05, 3.63) is 29.8 Å². The molecule has 92 valence electrons. The highest BCUT2D eigenvalue weighted by molar-refractivity contribution is 6.17. The highest BCUT2D eigenvalue weighted by atomic mass is 35.5. The van der Waals surface area contributed by atoms with Crippen molar-refractivity contribution in [1.82, 2.24) is 9.55 Å². The second-order valence-electron chi connectivity index (χ2n) is 4.11. The molecule has 1 heterocycles. The van der Waals surface area contributed by atoms with Gasteiger partial charge in [-0.05, 0) is 25.0 Å². The molecule has 0 N–H and O–H groups in total. The van der Waals surface area contributed by atoms with Crippen LogP contribution in [0, 0.1) is 5.82 Å². The van der Waals surface area contributed by atoms with Gasteiger partial charge >= 0.3 is 0 Å². The Labute approximate surface area is 105 Å². The number of nitrogens with zero attached hydrogens (tertiary/aromatic N) is 2. The molecule has 2 aromatic rings. The number of alkyl halides is 1. The molecule has 4 heteroatoms. The molecule has 0 aliphatic heterocycles. The molecule has 0 aliphatic carbocycles. The van der Waals surface area contributed by atoms with Crippen LogP contribution in [-0.4, -0.2) is 15.4 Å². The third-order valence-electron chi connectivity index (χ3n) is 2.77. The molecule has 0 aliphatic rings. The summed E-state index contributed by atoms with van der Waals surface area (Å²) < 4.78 is 15.3. The molecule has 1 aromatic carbocycles. The first-order chi connectivity index (χ1) is 8.26. The number of rotatable bonds is 5. The van der Waals surface area contributed by atoms with Crippen molar-refractivity contribution in [3.8, 4) is 0 Å². The zero-order chi connectivity index (χ0) is 12.3. The van der Waals surface area contributed by atoms with Gasteiger partial charge in [0.15, 0.2) is 0 Å². The van der Waals surface area contributed by atoms with Crippen LogP contribution in [0.25, 0.3) is 11.0 Å². The minimum absolute atomic E-state index is 0.234. The van der Waals surface area contributed by atoms with Gasteiger partial charge in [-0.2, -0.15) is 0 Å². The Morgan fingerprint density at radius 3 is 2.94 bits per heavy atom. The van der Waals surface area contributed by atoms with E-state index in [1.54, 1.807) is 6.07 Å². The molecular formula is C13H16ClFN2. The minimum Gasteiger partial charge on any atom is -0.328 e. The quantitative estimate of drug-likeness (QED) is 0.743. The Morgan fingerprint density at radius 1 is 1.41 bits per heavy atom. The van der Waals surface area contributed by atoms with Crippen molar-refractivity contribution >= 4 is 22.6 Å². The van der Waals surface area contributed by atoms with Crippen molar-refractivity contribution in [3.63, 3.8) is 0 Å². The van der Waals surface area contributed by atoms with E-state index in [0.29, 0.717) is 5.88 Å². The van der Waals surface area contributed by atoms with Crippen LogP contribution < -0.4 is 0 Å². The molecule has 0 amide bonds. The largest absolute Gasteiger partial charge is 0.328 e. The van der Waals surface area contributed by atoms with Crippen molar-refractivity contribution in [1.29, 1.82) is 0 Å². The molecule has 0 spiro atoms. The van der Waals surface area contributed by atoms with E-state index in [-0.39, 0.29) is 5.82 Å². The summed E-state index contributed by atoms with van der Waals surface area (Å²) in [6.45, 7) is 3.04. The Balaban J connectivity index is 2.45. The van der Waals surface area contributed by atoms with Crippen LogP contribution in [0.2, 0.25) is 0 Å². The molecule has 0 saturated carbocycles. The summed E-state index contributed by atoms with van der Waals surface area (Å²) in [5, 5.41) is 0. The minimum atomic E-state index is -0.234. The summed E-state index contributed by atoms with van der Waals surface area (Å²) >= 11 is 5.71. The Morgan fingerprint density at radius 2 is 2.24 bits per heavy atom. The van der Waals surface area contributed by atoms with Crippen molar-refractivity contribution < 1.29 is 4.39 Å². The highest BCUT2D eigenvalue weighted by Crippen LogP contribution is 2.19. The van der Waals surface area contributed by atoms with E-state index in [1.807, 2.05) is 0 Å². The zero-order valence-corrected chi connectivity index (χ0v) is 10.7. The van der Waals surface area contributed by atoms with Crippen molar-refractivity contribution in [2.24, 2.45) is 0 Å². The third kappa shape index (κ3) is 2.60. The van der Waals surface area contributed by atoms with Crippen LogP contribution in [0.5, 0.6) is 0 Å². The number of benzene rings is 1. The lowest BCUT2D eigenvalue weighted by Gasteiger charge is -2.06. The Hall–Kier alpha value is -1.09. The number of hydrogen-bond donors (Lipinski definition) is 0. The van der Waals surface area contributed by atoms with Crippen molar-refractivity contribution in [2.75, 3.05) is 5.88 Å². The number of fused-ring (bicyclic) bond motifs is 1. The number of halogens is 2. The van der Waals surface area contributed by atoms with Gasteiger partial charge in [-0.15, -0.1) is 11.6 Å². The average molecular weight is 255 g/mol. The van der Waals surface area contributed by atoms with Gasteiger partial charge in [0.25, 0.3) is 0 Å². The number of aryl methyl sites for hydroxylation is 2.